The summed E-state index contributed by atoms with van der Waals surface area (Å²) >= 11 is 0. The van der Waals surface area contributed by atoms with Gasteiger partial charge in [-0.3, -0.25) is 4.31 Å². The number of nitrogens with zero attached hydrogens (tertiary/aromatic N) is 3. The lowest BCUT2D eigenvalue weighted by atomic mass is 9.98. The van der Waals surface area contributed by atoms with Gasteiger partial charge in [0, 0.05) is 29.8 Å². The van der Waals surface area contributed by atoms with Crippen LogP contribution >= 0.6 is 0 Å². The summed E-state index contributed by atoms with van der Waals surface area (Å²) in [6.07, 6.45) is 2.73. The molecule has 1 unspecified atom stereocenters. The quantitative estimate of drug-likeness (QED) is 0.859. The molecule has 1 aliphatic heterocycles. The zero-order valence-corrected chi connectivity index (χ0v) is 13.1. The molecule has 0 saturated carbocycles. The number of benzene rings is 1. The molecule has 22 heavy (non-hydrogen) atoms. The first-order valence-corrected chi connectivity index (χ1v) is 8.63. The number of sulfonamides is 1. The first-order chi connectivity index (χ1) is 10.3. The Labute approximate surface area is 129 Å². The molecule has 0 spiro atoms. The minimum Gasteiger partial charge on any atom is -0.383 e. The molecular formula is C14H17N5O2S. The fraction of sp³-hybridized carbons (Fsp3) is 0.286. The normalized spacial score (nSPS) is 17.5. The third-order valence-corrected chi connectivity index (χ3v) is 4.95. The van der Waals surface area contributed by atoms with Crippen molar-refractivity contribution in [3.63, 3.8) is 0 Å². The number of rotatable bonds is 2. The van der Waals surface area contributed by atoms with Gasteiger partial charge in [-0.2, -0.15) is 4.98 Å². The van der Waals surface area contributed by atoms with Crippen LogP contribution in [0.1, 0.15) is 18.4 Å². The van der Waals surface area contributed by atoms with Crippen molar-refractivity contribution in [3.8, 4) is 11.1 Å². The van der Waals surface area contributed by atoms with E-state index in [9.17, 15) is 8.42 Å². The van der Waals surface area contributed by atoms with Crippen molar-refractivity contribution < 1.29 is 8.42 Å². The number of hydrogen-bond donors (Lipinski definition) is 2. The summed E-state index contributed by atoms with van der Waals surface area (Å²) in [5.74, 6) is 0.427. The maximum Gasteiger partial charge on any atom is 0.232 e. The lowest BCUT2D eigenvalue weighted by Crippen LogP contribution is -2.28. The molecule has 0 amide bonds. The van der Waals surface area contributed by atoms with Crippen molar-refractivity contribution in [3.05, 3.63) is 30.0 Å². The van der Waals surface area contributed by atoms with Crippen molar-refractivity contribution in [2.45, 2.75) is 12.8 Å². The van der Waals surface area contributed by atoms with Crippen LogP contribution in [0.5, 0.6) is 0 Å². The van der Waals surface area contributed by atoms with E-state index in [4.69, 9.17) is 11.5 Å². The van der Waals surface area contributed by atoms with Gasteiger partial charge in [0.1, 0.15) is 5.82 Å². The number of nitrogen functional groups attached to an aromatic ring is 2. The second-order valence-corrected chi connectivity index (χ2v) is 7.37. The fourth-order valence-electron chi connectivity index (χ4n) is 2.81. The molecule has 1 aromatic carbocycles. The van der Waals surface area contributed by atoms with Crippen LogP contribution in [0.15, 0.2) is 24.4 Å². The molecule has 4 N–H and O–H groups in total. The minimum atomic E-state index is -3.37. The highest BCUT2D eigenvalue weighted by molar-refractivity contribution is 7.92. The van der Waals surface area contributed by atoms with Crippen LogP contribution in [-0.2, 0) is 10.0 Å². The van der Waals surface area contributed by atoms with Crippen LogP contribution in [0, 0.1) is 0 Å². The zero-order valence-electron chi connectivity index (χ0n) is 12.3. The molecule has 0 bridgehead atoms. The van der Waals surface area contributed by atoms with Crippen molar-refractivity contribution in [2.24, 2.45) is 0 Å². The molecule has 116 valence electrons. The highest BCUT2D eigenvalue weighted by atomic mass is 32.2. The summed E-state index contributed by atoms with van der Waals surface area (Å²) in [7, 11) is -3.37. The minimum absolute atomic E-state index is 0.0853. The molecule has 0 saturated heterocycles. The molecule has 1 aromatic heterocycles. The molecule has 3 rings (SSSR count). The number of aromatic nitrogens is 2. The van der Waals surface area contributed by atoms with E-state index in [-0.39, 0.29) is 17.7 Å². The van der Waals surface area contributed by atoms with Gasteiger partial charge in [0.05, 0.1) is 11.9 Å². The number of anilines is 3. The van der Waals surface area contributed by atoms with Gasteiger partial charge in [-0.25, -0.2) is 13.4 Å². The van der Waals surface area contributed by atoms with Crippen LogP contribution in [0.25, 0.3) is 11.1 Å². The molecule has 8 heteroatoms. The second kappa shape index (κ2) is 4.84. The predicted octanol–water partition coefficient (Wildman–Crippen LogP) is 1.19. The Morgan fingerprint density at radius 3 is 2.64 bits per heavy atom. The second-order valence-electron chi connectivity index (χ2n) is 5.47. The van der Waals surface area contributed by atoms with Gasteiger partial charge in [0.2, 0.25) is 16.0 Å². The monoisotopic (exact) mass is 319 g/mol. The van der Waals surface area contributed by atoms with E-state index in [1.165, 1.54) is 16.8 Å². The highest BCUT2D eigenvalue weighted by Crippen LogP contribution is 2.44. The Morgan fingerprint density at radius 1 is 1.27 bits per heavy atom. The summed E-state index contributed by atoms with van der Waals surface area (Å²) in [6, 6.07) is 5.63. The molecule has 0 fully saturated rings. The van der Waals surface area contributed by atoms with Crippen LogP contribution in [0.3, 0.4) is 0 Å². The van der Waals surface area contributed by atoms with Gasteiger partial charge >= 0.3 is 0 Å². The van der Waals surface area contributed by atoms with Gasteiger partial charge in [-0.05, 0) is 5.56 Å². The van der Waals surface area contributed by atoms with Gasteiger partial charge in [-0.15, -0.1) is 0 Å². The van der Waals surface area contributed by atoms with E-state index >= 15 is 0 Å². The highest BCUT2D eigenvalue weighted by Gasteiger charge is 2.33. The van der Waals surface area contributed by atoms with Gasteiger partial charge in [0.15, 0.2) is 0 Å². The third-order valence-electron chi connectivity index (χ3n) is 3.81. The number of fused-ring (bicyclic) bond motifs is 1. The Bertz CT molecular complexity index is 850. The van der Waals surface area contributed by atoms with E-state index < -0.39 is 10.0 Å². The number of nitrogens with two attached hydrogens (primary N) is 2. The lowest BCUT2D eigenvalue weighted by Gasteiger charge is -2.20. The van der Waals surface area contributed by atoms with Crippen molar-refractivity contribution in [1.82, 2.24) is 9.97 Å². The van der Waals surface area contributed by atoms with E-state index in [0.29, 0.717) is 23.4 Å². The van der Waals surface area contributed by atoms with Crippen molar-refractivity contribution in [2.75, 3.05) is 28.6 Å². The van der Waals surface area contributed by atoms with Gasteiger partial charge in [0.25, 0.3) is 0 Å². The van der Waals surface area contributed by atoms with E-state index in [1.807, 2.05) is 25.1 Å². The molecule has 2 heterocycles. The Hall–Kier alpha value is -2.35. The summed E-state index contributed by atoms with van der Waals surface area (Å²) in [4.78, 5) is 7.92. The van der Waals surface area contributed by atoms with E-state index in [1.54, 1.807) is 0 Å². The maximum absolute atomic E-state index is 12.1. The summed E-state index contributed by atoms with van der Waals surface area (Å²) in [5.41, 5.74) is 14.4. The van der Waals surface area contributed by atoms with Crippen LogP contribution in [-0.4, -0.2) is 31.2 Å². The smallest absolute Gasteiger partial charge is 0.232 e. The predicted molar refractivity (Wildman–Crippen MR) is 86.9 cm³/mol. The van der Waals surface area contributed by atoms with E-state index in [2.05, 4.69) is 9.97 Å². The molecule has 1 aliphatic rings. The van der Waals surface area contributed by atoms with E-state index in [0.717, 1.165) is 5.56 Å². The van der Waals surface area contributed by atoms with Gasteiger partial charge in [-0.1, -0.05) is 25.1 Å². The molecule has 1 atom stereocenters. The maximum atomic E-state index is 12.1. The Balaban J connectivity index is 2.28. The first-order valence-electron chi connectivity index (χ1n) is 6.78. The van der Waals surface area contributed by atoms with Crippen LogP contribution in [0.2, 0.25) is 0 Å². The lowest BCUT2D eigenvalue weighted by molar-refractivity contribution is 0.596. The van der Waals surface area contributed by atoms with Crippen LogP contribution < -0.4 is 15.8 Å². The fourth-order valence-corrected chi connectivity index (χ4v) is 3.84. The molecule has 0 radical (unpaired) electrons. The van der Waals surface area contributed by atoms with Gasteiger partial charge < -0.3 is 11.5 Å². The zero-order chi connectivity index (χ0) is 16.1. The molecular weight excluding hydrogens is 302 g/mol. The SMILES string of the molecule is CC1CN(S(C)(=O)=O)c2c(-c3cnc(N)nc3N)cccc21. The third kappa shape index (κ3) is 2.25. The average Bonchev–Trinajstić information content (AvgIpc) is 2.77. The Kier molecular flexibility index (Phi) is 3.21. The van der Waals surface area contributed by atoms with Crippen molar-refractivity contribution in [1.29, 1.82) is 0 Å². The summed E-state index contributed by atoms with van der Waals surface area (Å²) < 4.78 is 25.6. The van der Waals surface area contributed by atoms with Crippen LogP contribution in [0.4, 0.5) is 17.5 Å². The number of para-hydroxylation sites is 1. The molecule has 7 nitrogen and oxygen atoms in total. The molecule has 2 aromatic rings. The molecule has 0 aliphatic carbocycles. The van der Waals surface area contributed by atoms with Crippen molar-refractivity contribution >= 4 is 27.5 Å². The Morgan fingerprint density at radius 2 is 2.00 bits per heavy atom. The largest absolute Gasteiger partial charge is 0.383 e. The number of hydrogen-bond acceptors (Lipinski definition) is 6. The summed E-state index contributed by atoms with van der Waals surface area (Å²) in [6.45, 7) is 2.41. The standard InChI is InChI=1S/C14H17N5O2S/c1-8-7-19(22(2,20)21)12-9(8)4-3-5-10(12)11-6-17-14(16)18-13(11)15/h3-6,8H,7H2,1-2H3,(H4,15,16,17,18). The summed E-state index contributed by atoms with van der Waals surface area (Å²) in [5, 5.41) is 0. The average molecular weight is 319 g/mol. The first kappa shape index (κ1) is 14.6. The topological polar surface area (TPSA) is 115 Å².